The van der Waals surface area contributed by atoms with E-state index in [4.69, 9.17) is 10.00 Å². The molecule has 1 aromatic carbocycles. The van der Waals surface area contributed by atoms with Gasteiger partial charge in [0.05, 0.1) is 29.7 Å². The SMILES string of the molecule is COc1ccc(C#N)c(Nc2cccnc2C)c1. The van der Waals surface area contributed by atoms with Gasteiger partial charge in [-0.15, -0.1) is 0 Å². The van der Waals surface area contributed by atoms with Gasteiger partial charge in [0.1, 0.15) is 11.8 Å². The molecule has 1 N–H and O–H groups in total. The Kier molecular flexibility index (Phi) is 3.44. The van der Waals surface area contributed by atoms with Crippen LogP contribution in [0, 0.1) is 18.3 Å². The quantitative estimate of drug-likeness (QED) is 0.894. The average molecular weight is 239 g/mol. The van der Waals surface area contributed by atoms with E-state index in [2.05, 4.69) is 16.4 Å². The zero-order valence-corrected chi connectivity index (χ0v) is 10.3. The number of hydrogen-bond acceptors (Lipinski definition) is 4. The van der Waals surface area contributed by atoms with Crippen LogP contribution in [0.25, 0.3) is 0 Å². The maximum atomic E-state index is 9.08. The molecular weight excluding hydrogens is 226 g/mol. The highest BCUT2D eigenvalue weighted by Crippen LogP contribution is 2.26. The van der Waals surface area contributed by atoms with Gasteiger partial charge >= 0.3 is 0 Å². The number of rotatable bonds is 3. The van der Waals surface area contributed by atoms with Crippen molar-refractivity contribution in [3.05, 3.63) is 47.8 Å². The molecule has 0 unspecified atom stereocenters. The van der Waals surface area contributed by atoms with Crippen LogP contribution >= 0.6 is 0 Å². The van der Waals surface area contributed by atoms with Crippen LogP contribution in [-0.2, 0) is 0 Å². The highest BCUT2D eigenvalue weighted by Gasteiger charge is 2.06. The van der Waals surface area contributed by atoms with E-state index in [1.165, 1.54) is 0 Å². The molecule has 4 nitrogen and oxygen atoms in total. The lowest BCUT2D eigenvalue weighted by Gasteiger charge is -2.11. The fourth-order valence-corrected chi connectivity index (χ4v) is 1.61. The average Bonchev–Trinajstić information content (AvgIpc) is 2.41. The second kappa shape index (κ2) is 5.19. The highest BCUT2D eigenvalue weighted by molar-refractivity contribution is 5.69. The standard InChI is InChI=1S/C14H13N3O/c1-10-13(4-3-7-16-10)17-14-8-12(18-2)6-5-11(14)9-15/h3-8,17H,1-2H3. The fraction of sp³-hybridized carbons (Fsp3) is 0.143. The molecule has 0 saturated heterocycles. The van der Waals surface area contributed by atoms with E-state index < -0.39 is 0 Å². The monoisotopic (exact) mass is 239 g/mol. The van der Waals surface area contributed by atoms with E-state index in [1.807, 2.05) is 19.1 Å². The first-order valence-corrected chi connectivity index (χ1v) is 5.51. The van der Waals surface area contributed by atoms with Crippen LogP contribution in [0.1, 0.15) is 11.3 Å². The Morgan fingerprint density at radius 2 is 2.11 bits per heavy atom. The van der Waals surface area contributed by atoms with Crippen molar-refractivity contribution < 1.29 is 4.74 Å². The molecule has 0 amide bonds. The van der Waals surface area contributed by atoms with Crippen molar-refractivity contribution in [2.24, 2.45) is 0 Å². The van der Waals surface area contributed by atoms with Gasteiger partial charge in [-0.25, -0.2) is 0 Å². The molecule has 0 saturated carbocycles. The summed E-state index contributed by atoms with van der Waals surface area (Å²) in [7, 11) is 1.60. The van der Waals surface area contributed by atoms with Crippen molar-refractivity contribution in [1.29, 1.82) is 5.26 Å². The van der Waals surface area contributed by atoms with Crippen LogP contribution in [0.15, 0.2) is 36.5 Å². The summed E-state index contributed by atoms with van der Waals surface area (Å²) in [6.45, 7) is 1.91. The lowest BCUT2D eigenvalue weighted by molar-refractivity contribution is 0.415. The van der Waals surface area contributed by atoms with Crippen LogP contribution in [-0.4, -0.2) is 12.1 Å². The number of hydrogen-bond donors (Lipinski definition) is 1. The lowest BCUT2D eigenvalue weighted by atomic mass is 10.1. The number of ether oxygens (including phenoxy) is 1. The van der Waals surface area contributed by atoms with E-state index in [0.717, 1.165) is 11.4 Å². The normalized spacial score (nSPS) is 9.61. The van der Waals surface area contributed by atoms with Gasteiger partial charge in [0.15, 0.2) is 0 Å². The Hall–Kier alpha value is -2.54. The van der Waals surface area contributed by atoms with Gasteiger partial charge in [-0.05, 0) is 31.2 Å². The van der Waals surface area contributed by atoms with E-state index in [1.54, 1.807) is 31.5 Å². The largest absolute Gasteiger partial charge is 0.497 e. The topological polar surface area (TPSA) is 57.9 Å². The molecule has 1 aromatic heterocycles. The molecule has 18 heavy (non-hydrogen) atoms. The van der Waals surface area contributed by atoms with Crippen LogP contribution in [0.5, 0.6) is 5.75 Å². The van der Waals surface area contributed by atoms with Crippen molar-refractivity contribution in [1.82, 2.24) is 4.98 Å². The summed E-state index contributed by atoms with van der Waals surface area (Å²) >= 11 is 0. The second-order valence-electron chi connectivity index (χ2n) is 3.78. The van der Waals surface area contributed by atoms with Crippen LogP contribution in [0.2, 0.25) is 0 Å². The van der Waals surface area contributed by atoms with Crippen molar-refractivity contribution in [2.75, 3.05) is 12.4 Å². The molecule has 90 valence electrons. The Labute approximate surface area is 106 Å². The van der Waals surface area contributed by atoms with Gasteiger partial charge < -0.3 is 10.1 Å². The number of nitrogens with zero attached hydrogens (tertiary/aromatic N) is 2. The van der Waals surface area contributed by atoms with Gasteiger partial charge in [-0.3, -0.25) is 4.98 Å². The van der Waals surface area contributed by atoms with Crippen LogP contribution in [0.3, 0.4) is 0 Å². The summed E-state index contributed by atoms with van der Waals surface area (Å²) in [6.07, 6.45) is 1.73. The maximum Gasteiger partial charge on any atom is 0.121 e. The zero-order chi connectivity index (χ0) is 13.0. The Balaban J connectivity index is 2.39. The molecule has 4 heteroatoms. The summed E-state index contributed by atoms with van der Waals surface area (Å²) in [5.41, 5.74) is 3.04. The number of benzene rings is 1. The maximum absolute atomic E-state index is 9.08. The number of aromatic nitrogens is 1. The van der Waals surface area contributed by atoms with Crippen molar-refractivity contribution in [2.45, 2.75) is 6.92 Å². The minimum absolute atomic E-state index is 0.569. The van der Waals surface area contributed by atoms with E-state index in [0.29, 0.717) is 17.0 Å². The molecule has 0 fully saturated rings. The first-order valence-electron chi connectivity index (χ1n) is 5.51. The molecule has 0 radical (unpaired) electrons. The first kappa shape index (κ1) is 11.9. The number of nitrogens with one attached hydrogen (secondary N) is 1. The number of nitriles is 1. The van der Waals surface area contributed by atoms with Crippen molar-refractivity contribution in [3.63, 3.8) is 0 Å². The van der Waals surface area contributed by atoms with Gasteiger partial charge in [0, 0.05) is 12.3 Å². The molecule has 0 aliphatic rings. The third-order valence-electron chi connectivity index (χ3n) is 2.62. The minimum atomic E-state index is 0.569. The summed E-state index contributed by atoms with van der Waals surface area (Å²) in [5, 5.41) is 12.3. The third kappa shape index (κ3) is 2.41. The molecular formula is C14H13N3O. The number of pyridine rings is 1. The van der Waals surface area contributed by atoms with E-state index in [-0.39, 0.29) is 0 Å². The minimum Gasteiger partial charge on any atom is -0.497 e. The van der Waals surface area contributed by atoms with Gasteiger partial charge in [-0.2, -0.15) is 5.26 Å². The Morgan fingerprint density at radius 3 is 2.78 bits per heavy atom. The van der Waals surface area contributed by atoms with Crippen molar-refractivity contribution >= 4 is 11.4 Å². The smallest absolute Gasteiger partial charge is 0.121 e. The predicted molar refractivity (Wildman–Crippen MR) is 70.0 cm³/mol. The highest BCUT2D eigenvalue weighted by atomic mass is 16.5. The van der Waals surface area contributed by atoms with Gasteiger partial charge in [0.25, 0.3) is 0 Å². The first-order chi connectivity index (χ1) is 8.74. The van der Waals surface area contributed by atoms with Crippen molar-refractivity contribution in [3.8, 4) is 11.8 Å². The van der Waals surface area contributed by atoms with Crippen LogP contribution < -0.4 is 10.1 Å². The molecule has 2 rings (SSSR count). The zero-order valence-electron chi connectivity index (χ0n) is 10.3. The van der Waals surface area contributed by atoms with E-state index >= 15 is 0 Å². The van der Waals surface area contributed by atoms with Crippen LogP contribution in [0.4, 0.5) is 11.4 Å². The summed E-state index contributed by atoms with van der Waals surface area (Å²) in [4.78, 5) is 4.20. The summed E-state index contributed by atoms with van der Waals surface area (Å²) < 4.78 is 5.16. The van der Waals surface area contributed by atoms with Gasteiger partial charge in [-0.1, -0.05) is 0 Å². The van der Waals surface area contributed by atoms with E-state index in [9.17, 15) is 0 Å². The molecule has 0 spiro atoms. The van der Waals surface area contributed by atoms with Gasteiger partial charge in [0.2, 0.25) is 0 Å². The summed E-state index contributed by atoms with van der Waals surface area (Å²) in [6, 6.07) is 11.2. The number of anilines is 2. The number of methoxy groups -OCH3 is 1. The molecule has 2 aromatic rings. The lowest BCUT2D eigenvalue weighted by Crippen LogP contribution is -1.97. The Bertz CT molecular complexity index is 602. The third-order valence-corrected chi connectivity index (χ3v) is 2.62. The fourth-order valence-electron chi connectivity index (χ4n) is 1.61. The second-order valence-corrected chi connectivity index (χ2v) is 3.78. The molecule has 0 atom stereocenters. The predicted octanol–water partition coefficient (Wildman–Crippen LogP) is 3.01. The molecule has 1 heterocycles. The number of aryl methyl sites for hydroxylation is 1. The molecule has 0 aliphatic heterocycles. The Morgan fingerprint density at radius 1 is 1.28 bits per heavy atom. The summed E-state index contributed by atoms with van der Waals surface area (Å²) in [5.74, 6) is 0.707. The molecule has 0 aliphatic carbocycles. The molecule has 0 bridgehead atoms.